The largest absolute Gasteiger partial charge is 0.465 e. The highest BCUT2D eigenvalue weighted by molar-refractivity contribution is 7.99. The lowest BCUT2D eigenvalue weighted by Crippen LogP contribution is -2.54. The zero-order valence-corrected chi connectivity index (χ0v) is 19.6. The van der Waals surface area contributed by atoms with Crippen molar-refractivity contribution >= 4 is 34.6 Å². The third-order valence-electron chi connectivity index (χ3n) is 6.44. The van der Waals surface area contributed by atoms with Crippen LogP contribution in [-0.4, -0.2) is 57.1 Å². The molecule has 1 saturated heterocycles. The Bertz CT molecular complexity index is 1460. The van der Waals surface area contributed by atoms with E-state index in [0.717, 1.165) is 30.0 Å². The molecular weight excluding hydrogens is 507 g/mol. The number of aromatic nitrogens is 2. The van der Waals surface area contributed by atoms with E-state index in [-0.39, 0.29) is 53.5 Å². The van der Waals surface area contributed by atoms with Crippen molar-refractivity contribution < 1.29 is 31.9 Å². The van der Waals surface area contributed by atoms with Crippen LogP contribution in [0.15, 0.2) is 34.0 Å². The molecule has 0 radical (unpaired) electrons. The van der Waals surface area contributed by atoms with Crippen LogP contribution in [0.2, 0.25) is 0 Å². The first-order valence-corrected chi connectivity index (χ1v) is 12.0. The lowest BCUT2D eigenvalue weighted by Gasteiger charge is -2.40. The third kappa shape index (κ3) is 3.94. The SMILES string of the molecule is C[C@H]1CN(C(=O)O)CCN1c1nc(=O)n2c3c(c(-c4ccc(F)cc4F)c(C(F)(F)F)cc13)SCC2. The Morgan fingerprint density at radius 3 is 2.56 bits per heavy atom. The molecule has 36 heavy (non-hydrogen) atoms. The van der Waals surface area contributed by atoms with Crippen LogP contribution in [0.4, 0.5) is 32.6 Å². The van der Waals surface area contributed by atoms with Gasteiger partial charge in [0.1, 0.15) is 17.5 Å². The van der Waals surface area contributed by atoms with Crippen LogP contribution < -0.4 is 10.6 Å². The maximum atomic E-state index is 14.8. The predicted octanol–water partition coefficient (Wildman–Crippen LogP) is 4.65. The smallest absolute Gasteiger partial charge is 0.417 e. The van der Waals surface area contributed by atoms with Gasteiger partial charge in [0.25, 0.3) is 0 Å². The second-order valence-electron chi connectivity index (χ2n) is 8.64. The molecule has 2 aliphatic rings. The summed E-state index contributed by atoms with van der Waals surface area (Å²) in [7, 11) is 0. The van der Waals surface area contributed by atoms with Gasteiger partial charge >= 0.3 is 18.0 Å². The van der Waals surface area contributed by atoms with E-state index in [1.807, 2.05) is 0 Å². The van der Waals surface area contributed by atoms with Gasteiger partial charge in [0, 0.05) is 65.4 Å². The molecule has 0 unspecified atom stereocenters. The summed E-state index contributed by atoms with van der Waals surface area (Å²) in [5, 5.41) is 9.36. The van der Waals surface area contributed by atoms with Gasteiger partial charge in [-0.15, -0.1) is 11.8 Å². The monoisotopic (exact) mass is 526 g/mol. The molecule has 0 aliphatic carbocycles. The lowest BCUT2D eigenvalue weighted by molar-refractivity contribution is -0.137. The summed E-state index contributed by atoms with van der Waals surface area (Å²) < 4.78 is 72.8. The van der Waals surface area contributed by atoms with E-state index < -0.39 is 52.3 Å². The van der Waals surface area contributed by atoms with E-state index in [4.69, 9.17) is 0 Å². The average molecular weight is 526 g/mol. The number of carboxylic acid groups (broad SMARTS) is 1. The number of thioether (sulfide) groups is 1. The zero-order valence-electron chi connectivity index (χ0n) is 18.8. The summed E-state index contributed by atoms with van der Waals surface area (Å²) >= 11 is 1.06. The molecular formula is C23H19F5N4O3S. The van der Waals surface area contributed by atoms with Crippen LogP contribution in [0.5, 0.6) is 0 Å². The van der Waals surface area contributed by atoms with E-state index in [0.29, 0.717) is 6.07 Å². The molecule has 2 aromatic carbocycles. The Kier molecular flexibility index (Phi) is 5.85. The average Bonchev–Trinajstić information content (AvgIpc) is 2.80. The summed E-state index contributed by atoms with van der Waals surface area (Å²) in [6.45, 7) is 2.17. The van der Waals surface area contributed by atoms with Gasteiger partial charge in [-0.25, -0.2) is 18.4 Å². The van der Waals surface area contributed by atoms with Gasteiger partial charge in [-0.05, 0) is 25.1 Å². The first-order valence-electron chi connectivity index (χ1n) is 11.0. The fourth-order valence-corrected chi connectivity index (χ4v) is 6.03. The highest BCUT2D eigenvalue weighted by Crippen LogP contribution is 2.49. The molecule has 7 nitrogen and oxygen atoms in total. The number of hydrogen-bond acceptors (Lipinski definition) is 5. The predicted molar refractivity (Wildman–Crippen MR) is 123 cm³/mol. The number of aryl methyl sites for hydroxylation is 1. The van der Waals surface area contributed by atoms with E-state index in [1.165, 1.54) is 9.47 Å². The van der Waals surface area contributed by atoms with Crippen molar-refractivity contribution in [2.75, 3.05) is 30.3 Å². The molecule has 3 heterocycles. The van der Waals surface area contributed by atoms with Gasteiger partial charge in [-0.1, -0.05) is 0 Å². The molecule has 13 heteroatoms. The highest BCUT2D eigenvalue weighted by atomic mass is 32.2. The second kappa shape index (κ2) is 8.64. The molecule has 1 aromatic heterocycles. The molecule has 0 saturated carbocycles. The number of alkyl halides is 3. The number of amides is 1. The Labute approximate surface area is 205 Å². The van der Waals surface area contributed by atoms with Crippen LogP contribution in [0.1, 0.15) is 12.5 Å². The molecule has 190 valence electrons. The maximum absolute atomic E-state index is 14.8. The van der Waals surface area contributed by atoms with Crippen molar-refractivity contribution in [3.8, 4) is 11.1 Å². The number of halogens is 5. The number of nitrogens with zero attached hydrogens (tertiary/aromatic N) is 4. The van der Waals surface area contributed by atoms with Crippen LogP contribution >= 0.6 is 11.8 Å². The Morgan fingerprint density at radius 1 is 1.17 bits per heavy atom. The van der Waals surface area contributed by atoms with Crippen molar-refractivity contribution in [2.45, 2.75) is 30.6 Å². The number of carbonyl (C=O) groups is 1. The first-order chi connectivity index (χ1) is 17.0. The quantitative estimate of drug-likeness (QED) is 0.490. The van der Waals surface area contributed by atoms with Crippen molar-refractivity contribution in [3.63, 3.8) is 0 Å². The maximum Gasteiger partial charge on any atom is 0.417 e. The normalized spacial score (nSPS) is 18.1. The fraction of sp³-hybridized carbons (Fsp3) is 0.348. The Hall–Kier alpha value is -3.35. The fourth-order valence-electron chi connectivity index (χ4n) is 4.83. The number of benzene rings is 2. The Morgan fingerprint density at radius 2 is 1.92 bits per heavy atom. The standard InChI is InChI=1S/C23H19F5N4O3S/c1-11-10-30(22(34)35)4-5-31(11)20-14-9-15(23(26,27)28)17(13-3-2-12(24)8-16(13)25)19-18(14)32(6-7-36-19)21(33)29-20/h2-3,8-9,11H,4-7,10H2,1H3,(H,34,35)/t11-/m0/s1. The van der Waals surface area contributed by atoms with Crippen LogP contribution in [-0.2, 0) is 12.7 Å². The van der Waals surface area contributed by atoms with E-state index in [9.17, 15) is 36.6 Å². The van der Waals surface area contributed by atoms with Crippen LogP contribution in [0, 0.1) is 11.6 Å². The molecule has 0 bridgehead atoms. The van der Waals surface area contributed by atoms with Crippen molar-refractivity contribution in [3.05, 3.63) is 51.9 Å². The summed E-state index contributed by atoms with van der Waals surface area (Å²) in [5.41, 5.74) is -2.48. The van der Waals surface area contributed by atoms with E-state index in [2.05, 4.69) is 4.98 Å². The molecule has 0 spiro atoms. The number of hydrogen-bond donors (Lipinski definition) is 1. The van der Waals surface area contributed by atoms with Gasteiger partial charge in [0.05, 0.1) is 11.1 Å². The molecule has 1 atom stereocenters. The summed E-state index contributed by atoms with van der Waals surface area (Å²) in [6, 6.07) is 2.76. The van der Waals surface area contributed by atoms with Gasteiger partial charge in [-0.2, -0.15) is 18.2 Å². The minimum Gasteiger partial charge on any atom is -0.465 e. The summed E-state index contributed by atoms with van der Waals surface area (Å²) in [5.74, 6) is -1.80. The van der Waals surface area contributed by atoms with E-state index in [1.54, 1.807) is 11.8 Å². The Balaban J connectivity index is 1.83. The minimum absolute atomic E-state index is 0.0177. The first kappa shape index (κ1) is 24.3. The minimum atomic E-state index is -4.90. The third-order valence-corrected chi connectivity index (χ3v) is 7.51. The number of piperazine rings is 1. The zero-order chi connectivity index (χ0) is 25.9. The molecule has 1 N–H and O–H groups in total. The second-order valence-corrected chi connectivity index (χ2v) is 9.74. The van der Waals surface area contributed by atoms with Gasteiger partial charge < -0.3 is 14.9 Å². The van der Waals surface area contributed by atoms with Crippen molar-refractivity contribution in [1.29, 1.82) is 0 Å². The van der Waals surface area contributed by atoms with Crippen LogP contribution in [0.3, 0.4) is 0 Å². The summed E-state index contributed by atoms with van der Waals surface area (Å²) in [6.07, 6.45) is -6.02. The molecule has 1 amide bonds. The number of anilines is 1. The van der Waals surface area contributed by atoms with Gasteiger partial charge in [-0.3, -0.25) is 4.57 Å². The van der Waals surface area contributed by atoms with E-state index >= 15 is 0 Å². The molecule has 2 aliphatic heterocycles. The van der Waals surface area contributed by atoms with Crippen molar-refractivity contribution in [2.24, 2.45) is 0 Å². The van der Waals surface area contributed by atoms with Gasteiger partial charge in [0.15, 0.2) is 0 Å². The lowest BCUT2D eigenvalue weighted by atomic mass is 9.95. The van der Waals surface area contributed by atoms with Gasteiger partial charge in [0.2, 0.25) is 0 Å². The highest BCUT2D eigenvalue weighted by Gasteiger charge is 2.39. The molecule has 3 aromatic rings. The van der Waals surface area contributed by atoms with Crippen LogP contribution in [0.25, 0.3) is 22.0 Å². The molecule has 1 fully saturated rings. The topological polar surface area (TPSA) is 78.7 Å². The summed E-state index contributed by atoms with van der Waals surface area (Å²) in [4.78, 5) is 31.4. The van der Waals surface area contributed by atoms with Crippen molar-refractivity contribution in [1.82, 2.24) is 14.5 Å². The molecule has 5 rings (SSSR count). The number of rotatable bonds is 2.